The molecule has 1 unspecified atom stereocenters. The van der Waals surface area contributed by atoms with Gasteiger partial charge >= 0.3 is 6.36 Å². The molecular formula is C26H24F3NO3S. The number of ether oxygens (including phenoxy) is 1. The molecule has 1 aliphatic rings. The van der Waals surface area contributed by atoms with Gasteiger partial charge in [-0.1, -0.05) is 36.4 Å². The molecule has 3 aromatic rings. The predicted octanol–water partition coefficient (Wildman–Crippen LogP) is 6.26. The summed E-state index contributed by atoms with van der Waals surface area (Å²) in [4.78, 5) is 13.3. The van der Waals surface area contributed by atoms with Gasteiger partial charge in [0, 0.05) is 17.2 Å². The fourth-order valence-electron chi connectivity index (χ4n) is 3.69. The van der Waals surface area contributed by atoms with Crippen molar-refractivity contribution in [1.29, 1.82) is 0 Å². The van der Waals surface area contributed by atoms with Crippen LogP contribution >= 0.6 is 0 Å². The Bertz CT molecular complexity index is 1160. The molecule has 3 aromatic carbocycles. The number of amides is 1. The number of halogens is 3. The minimum Gasteiger partial charge on any atom is -0.611 e. The number of rotatable bonds is 8. The van der Waals surface area contributed by atoms with Crippen molar-refractivity contribution in [3.05, 3.63) is 77.9 Å². The van der Waals surface area contributed by atoms with Gasteiger partial charge in [-0.15, -0.1) is 13.2 Å². The summed E-state index contributed by atoms with van der Waals surface area (Å²) in [5.74, 6) is 0.769. The average molecular weight is 488 g/mol. The van der Waals surface area contributed by atoms with Gasteiger partial charge in [0.15, 0.2) is 4.90 Å². The molecule has 1 saturated carbocycles. The minimum absolute atomic E-state index is 0.151. The molecule has 8 heteroatoms. The zero-order valence-corrected chi connectivity index (χ0v) is 19.3. The summed E-state index contributed by atoms with van der Waals surface area (Å²) in [7, 11) is 0. The number of alkyl halides is 3. The van der Waals surface area contributed by atoms with Crippen LogP contribution in [0, 0.1) is 12.8 Å². The highest BCUT2D eigenvalue weighted by Gasteiger charge is 2.32. The largest absolute Gasteiger partial charge is 0.611 e. The molecule has 0 bridgehead atoms. The molecule has 4 rings (SSSR count). The van der Waals surface area contributed by atoms with Crippen LogP contribution in [0.1, 0.15) is 24.0 Å². The van der Waals surface area contributed by atoms with Crippen LogP contribution in [-0.4, -0.2) is 22.6 Å². The zero-order chi connectivity index (χ0) is 24.3. The van der Waals surface area contributed by atoms with E-state index in [4.69, 9.17) is 0 Å². The lowest BCUT2D eigenvalue weighted by Crippen LogP contribution is -2.17. The van der Waals surface area contributed by atoms with E-state index in [9.17, 15) is 22.5 Å². The first-order valence-corrected chi connectivity index (χ1v) is 12.2. The van der Waals surface area contributed by atoms with Gasteiger partial charge in [0.05, 0.1) is 6.42 Å². The topological polar surface area (TPSA) is 61.4 Å². The number of hydrogen-bond acceptors (Lipinski definition) is 3. The normalized spacial score (nSPS) is 14.5. The Morgan fingerprint density at radius 1 is 1.06 bits per heavy atom. The zero-order valence-electron chi connectivity index (χ0n) is 18.5. The molecule has 0 aromatic heterocycles. The first kappa shape index (κ1) is 24.2. The van der Waals surface area contributed by atoms with Gasteiger partial charge in [-0.25, -0.2) is 0 Å². The molecule has 0 saturated heterocycles. The SMILES string of the molecule is Cc1cc(NC(=O)Cc2ccc([S+]([O-])CC3CC3)cc2)ccc1-c1ccccc1OC(F)(F)F. The van der Waals surface area contributed by atoms with Gasteiger partial charge in [0.2, 0.25) is 5.91 Å². The highest BCUT2D eigenvalue weighted by Crippen LogP contribution is 2.36. The summed E-state index contributed by atoms with van der Waals surface area (Å²) in [5.41, 5.74) is 2.93. The standard InChI is InChI=1S/C26H24F3NO3S/c1-17-14-20(10-13-22(17)23-4-2-3-5-24(23)33-26(27,28)29)30-25(31)15-18-8-11-21(12-9-18)34(32)16-19-6-7-19/h2-5,8-14,19H,6-7,15-16H2,1H3,(H,30,31). The average Bonchev–Trinajstić information content (AvgIpc) is 3.58. The quantitative estimate of drug-likeness (QED) is 0.382. The summed E-state index contributed by atoms with van der Waals surface area (Å²) in [5, 5.41) is 2.82. The molecule has 178 valence electrons. The summed E-state index contributed by atoms with van der Waals surface area (Å²) in [6.07, 6.45) is -2.34. The van der Waals surface area contributed by atoms with Crippen molar-refractivity contribution in [1.82, 2.24) is 0 Å². The van der Waals surface area contributed by atoms with E-state index in [0.717, 1.165) is 23.3 Å². The van der Waals surface area contributed by atoms with E-state index in [-0.39, 0.29) is 18.1 Å². The van der Waals surface area contributed by atoms with Crippen molar-refractivity contribution < 1.29 is 27.3 Å². The van der Waals surface area contributed by atoms with Gasteiger partial charge in [-0.05, 0) is 78.0 Å². The molecular weight excluding hydrogens is 463 g/mol. The van der Waals surface area contributed by atoms with Gasteiger partial charge in [-0.3, -0.25) is 4.79 Å². The van der Waals surface area contributed by atoms with Crippen molar-refractivity contribution in [3.8, 4) is 16.9 Å². The lowest BCUT2D eigenvalue weighted by atomic mass is 9.99. The molecule has 1 atom stereocenters. The maximum absolute atomic E-state index is 12.8. The lowest BCUT2D eigenvalue weighted by molar-refractivity contribution is -0.274. The van der Waals surface area contributed by atoms with Crippen molar-refractivity contribution in [3.63, 3.8) is 0 Å². The van der Waals surface area contributed by atoms with Crippen LogP contribution in [-0.2, 0) is 22.4 Å². The van der Waals surface area contributed by atoms with Gasteiger partial charge < -0.3 is 14.6 Å². The van der Waals surface area contributed by atoms with Crippen LogP contribution in [0.25, 0.3) is 11.1 Å². The van der Waals surface area contributed by atoms with Crippen molar-refractivity contribution in [2.45, 2.75) is 37.4 Å². The molecule has 0 radical (unpaired) electrons. The fraction of sp³-hybridized carbons (Fsp3) is 0.269. The third-order valence-electron chi connectivity index (χ3n) is 5.55. The smallest absolute Gasteiger partial charge is 0.573 e. The summed E-state index contributed by atoms with van der Waals surface area (Å²) in [6.45, 7) is 1.76. The predicted molar refractivity (Wildman–Crippen MR) is 126 cm³/mol. The molecule has 0 spiro atoms. The fourth-order valence-corrected chi connectivity index (χ4v) is 5.08. The Morgan fingerprint density at radius 2 is 1.76 bits per heavy atom. The number of aryl methyl sites for hydroxylation is 1. The van der Waals surface area contributed by atoms with E-state index < -0.39 is 17.5 Å². The van der Waals surface area contributed by atoms with Crippen LogP contribution in [0.2, 0.25) is 0 Å². The van der Waals surface area contributed by atoms with Crippen LogP contribution in [0.3, 0.4) is 0 Å². The van der Waals surface area contributed by atoms with E-state index in [1.165, 1.54) is 12.1 Å². The Labute approximate surface area is 199 Å². The van der Waals surface area contributed by atoms with Crippen LogP contribution in [0.15, 0.2) is 71.6 Å². The molecule has 1 aliphatic carbocycles. The molecule has 34 heavy (non-hydrogen) atoms. The Kier molecular flexibility index (Phi) is 7.19. The van der Waals surface area contributed by atoms with Gasteiger partial charge in [0.1, 0.15) is 11.5 Å². The molecule has 0 heterocycles. The number of para-hydroxylation sites is 1. The number of carbonyl (C=O) groups is 1. The molecule has 4 nitrogen and oxygen atoms in total. The number of anilines is 1. The maximum Gasteiger partial charge on any atom is 0.573 e. The number of benzene rings is 3. The lowest BCUT2D eigenvalue weighted by Gasteiger charge is -2.15. The second kappa shape index (κ2) is 10.1. The number of carbonyl (C=O) groups excluding carboxylic acids is 1. The van der Waals surface area contributed by atoms with E-state index >= 15 is 0 Å². The third kappa shape index (κ3) is 6.55. The van der Waals surface area contributed by atoms with E-state index in [0.29, 0.717) is 34.0 Å². The monoisotopic (exact) mass is 487 g/mol. The minimum atomic E-state index is -4.79. The van der Waals surface area contributed by atoms with Crippen molar-refractivity contribution >= 4 is 22.8 Å². The highest BCUT2D eigenvalue weighted by molar-refractivity contribution is 7.91. The second-order valence-electron chi connectivity index (χ2n) is 8.40. The summed E-state index contributed by atoms with van der Waals surface area (Å²) >= 11 is -1.00. The Morgan fingerprint density at radius 3 is 2.41 bits per heavy atom. The first-order chi connectivity index (χ1) is 16.2. The molecule has 1 fully saturated rings. The van der Waals surface area contributed by atoms with Crippen LogP contribution in [0.5, 0.6) is 5.75 Å². The van der Waals surface area contributed by atoms with E-state index in [1.807, 2.05) is 12.1 Å². The number of hydrogen-bond donors (Lipinski definition) is 1. The second-order valence-corrected chi connectivity index (χ2v) is 9.89. The third-order valence-corrected chi connectivity index (χ3v) is 7.12. The van der Waals surface area contributed by atoms with Gasteiger partial charge in [-0.2, -0.15) is 0 Å². The van der Waals surface area contributed by atoms with E-state index in [2.05, 4.69) is 10.1 Å². The molecule has 1 N–H and O–H groups in total. The van der Waals surface area contributed by atoms with E-state index in [1.54, 1.807) is 49.4 Å². The summed E-state index contributed by atoms with van der Waals surface area (Å²) in [6, 6.07) is 18.2. The number of nitrogens with one attached hydrogen (secondary N) is 1. The highest BCUT2D eigenvalue weighted by atomic mass is 32.2. The summed E-state index contributed by atoms with van der Waals surface area (Å²) < 4.78 is 54.7. The molecule has 1 amide bonds. The van der Waals surface area contributed by atoms with Crippen LogP contribution in [0.4, 0.5) is 18.9 Å². The van der Waals surface area contributed by atoms with Crippen molar-refractivity contribution in [2.75, 3.05) is 11.1 Å². The Hall–Kier alpha value is -2.97. The maximum atomic E-state index is 12.8. The van der Waals surface area contributed by atoms with Crippen molar-refractivity contribution in [2.24, 2.45) is 5.92 Å². The Balaban J connectivity index is 1.40. The molecule has 0 aliphatic heterocycles. The first-order valence-electron chi connectivity index (χ1n) is 10.9. The van der Waals surface area contributed by atoms with Gasteiger partial charge in [0.25, 0.3) is 0 Å². The van der Waals surface area contributed by atoms with Crippen LogP contribution < -0.4 is 10.1 Å².